The molecule has 1 aliphatic rings. The Morgan fingerprint density at radius 1 is 1.35 bits per heavy atom. The third-order valence-electron chi connectivity index (χ3n) is 4.18. The number of esters is 1. The van der Waals surface area contributed by atoms with Gasteiger partial charge in [0.25, 0.3) is 11.8 Å². The summed E-state index contributed by atoms with van der Waals surface area (Å²) in [5.74, 6) is -0.893. The minimum atomic E-state index is -0.583. The zero-order chi connectivity index (χ0) is 18.3. The Bertz CT molecular complexity index is 1050. The van der Waals surface area contributed by atoms with Crippen LogP contribution in [0.4, 0.5) is 5.69 Å². The van der Waals surface area contributed by atoms with Gasteiger partial charge < -0.3 is 19.8 Å². The van der Waals surface area contributed by atoms with Crippen molar-refractivity contribution < 1.29 is 23.5 Å². The summed E-state index contributed by atoms with van der Waals surface area (Å²) in [6.45, 7) is 0.480. The minimum Gasteiger partial charge on any atom is -0.468 e. The monoisotopic (exact) mass is 354 g/mol. The van der Waals surface area contributed by atoms with E-state index < -0.39 is 11.9 Å². The van der Waals surface area contributed by atoms with Crippen LogP contribution in [0, 0.1) is 0 Å². The third-order valence-corrected chi connectivity index (χ3v) is 4.18. The fourth-order valence-corrected chi connectivity index (χ4v) is 2.92. The van der Waals surface area contributed by atoms with Gasteiger partial charge in [-0.1, -0.05) is 0 Å². The molecule has 0 radical (unpaired) electrons. The van der Waals surface area contributed by atoms with Gasteiger partial charge in [0.2, 0.25) is 0 Å². The van der Waals surface area contributed by atoms with Crippen LogP contribution in [0.25, 0.3) is 10.9 Å². The molecule has 0 bridgehead atoms. The molecule has 1 aliphatic heterocycles. The van der Waals surface area contributed by atoms with Crippen LogP contribution in [-0.4, -0.2) is 41.6 Å². The van der Waals surface area contributed by atoms with E-state index in [-0.39, 0.29) is 22.7 Å². The molecule has 1 aromatic carbocycles. The van der Waals surface area contributed by atoms with E-state index >= 15 is 0 Å². The lowest BCUT2D eigenvalue weighted by Gasteiger charge is -2.12. The first-order valence-electron chi connectivity index (χ1n) is 7.85. The highest BCUT2D eigenvalue weighted by Crippen LogP contribution is 2.24. The lowest BCUT2D eigenvalue weighted by Crippen LogP contribution is -2.32. The van der Waals surface area contributed by atoms with Gasteiger partial charge in [-0.15, -0.1) is 0 Å². The molecule has 132 valence electrons. The van der Waals surface area contributed by atoms with Gasteiger partial charge in [0.15, 0.2) is 5.69 Å². The van der Waals surface area contributed by atoms with Gasteiger partial charge in [-0.05, 0) is 18.2 Å². The van der Waals surface area contributed by atoms with Crippen molar-refractivity contribution in [3.8, 4) is 0 Å². The average molecular weight is 354 g/mol. The molecule has 0 saturated heterocycles. The predicted octanol–water partition coefficient (Wildman–Crippen LogP) is 1.48. The van der Waals surface area contributed by atoms with E-state index in [2.05, 4.69) is 20.8 Å². The van der Waals surface area contributed by atoms with E-state index in [1.807, 2.05) is 0 Å². The summed E-state index contributed by atoms with van der Waals surface area (Å²) in [4.78, 5) is 36.3. The van der Waals surface area contributed by atoms with Crippen LogP contribution in [-0.2, 0) is 11.2 Å². The van der Waals surface area contributed by atoms with Gasteiger partial charge in [-0.2, -0.15) is 5.10 Å². The number of nitrogens with zero attached hydrogens (tertiary/aromatic N) is 1. The largest absolute Gasteiger partial charge is 0.468 e. The van der Waals surface area contributed by atoms with Crippen LogP contribution in [0.5, 0.6) is 0 Å². The number of aromatic amines is 1. The van der Waals surface area contributed by atoms with Crippen molar-refractivity contribution in [2.75, 3.05) is 19.0 Å². The molecule has 4 rings (SSSR count). The molecular weight excluding hydrogens is 340 g/mol. The summed E-state index contributed by atoms with van der Waals surface area (Å²) in [6.07, 6.45) is 1.82. The van der Waals surface area contributed by atoms with Crippen LogP contribution in [0.15, 0.2) is 28.9 Å². The van der Waals surface area contributed by atoms with Crippen molar-refractivity contribution in [3.63, 3.8) is 0 Å². The number of methoxy groups -OCH3 is 1. The average Bonchev–Trinajstić information content (AvgIpc) is 3.25. The fraction of sp³-hybridized carbons (Fsp3) is 0.176. The van der Waals surface area contributed by atoms with Gasteiger partial charge in [0.1, 0.15) is 12.0 Å². The number of H-pyrrole nitrogens is 1. The number of aromatic nitrogens is 2. The van der Waals surface area contributed by atoms with E-state index in [0.717, 1.165) is 0 Å². The van der Waals surface area contributed by atoms with Crippen molar-refractivity contribution in [1.29, 1.82) is 0 Å². The third kappa shape index (κ3) is 2.50. The topological polar surface area (TPSA) is 126 Å². The van der Waals surface area contributed by atoms with E-state index in [0.29, 0.717) is 35.3 Å². The number of amides is 2. The second kappa shape index (κ2) is 6.03. The molecule has 0 saturated carbocycles. The van der Waals surface area contributed by atoms with E-state index in [1.54, 1.807) is 18.2 Å². The van der Waals surface area contributed by atoms with Crippen molar-refractivity contribution in [2.45, 2.75) is 6.42 Å². The van der Waals surface area contributed by atoms with Crippen molar-refractivity contribution in [1.82, 2.24) is 15.5 Å². The number of ether oxygens (including phenoxy) is 1. The first-order valence-corrected chi connectivity index (χ1v) is 7.85. The molecule has 0 spiro atoms. The first-order chi connectivity index (χ1) is 12.6. The van der Waals surface area contributed by atoms with Crippen LogP contribution >= 0.6 is 0 Å². The van der Waals surface area contributed by atoms with Gasteiger partial charge in [-0.3, -0.25) is 14.7 Å². The summed E-state index contributed by atoms with van der Waals surface area (Å²) < 4.78 is 10.0. The molecule has 0 fully saturated rings. The Hall–Kier alpha value is -3.62. The number of fused-ring (bicyclic) bond motifs is 2. The maximum absolute atomic E-state index is 12.6. The molecule has 2 amide bonds. The standard InChI is InChI=1S/C17H14N4O5/c1-25-17(24)14-9-6-8(2-3-11(9)20-21-14)19-15(22)10-7-26-12-4-5-18-16(23)13(10)12/h2-3,6-7H,4-5H2,1H3,(H,18,23)(H,19,22)(H,20,21). The van der Waals surface area contributed by atoms with Crippen LogP contribution in [0.2, 0.25) is 0 Å². The lowest BCUT2D eigenvalue weighted by molar-refractivity contribution is 0.0596. The quantitative estimate of drug-likeness (QED) is 0.612. The van der Waals surface area contributed by atoms with Gasteiger partial charge in [0.05, 0.1) is 23.8 Å². The predicted molar refractivity (Wildman–Crippen MR) is 90.1 cm³/mol. The minimum absolute atomic E-state index is 0.124. The highest BCUT2D eigenvalue weighted by molar-refractivity contribution is 6.13. The molecule has 26 heavy (non-hydrogen) atoms. The summed E-state index contributed by atoms with van der Waals surface area (Å²) >= 11 is 0. The molecule has 3 heterocycles. The number of nitrogens with one attached hydrogen (secondary N) is 3. The Morgan fingerprint density at radius 3 is 3.00 bits per heavy atom. The highest BCUT2D eigenvalue weighted by atomic mass is 16.5. The summed E-state index contributed by atoms with van der Waals surface area (Å²) in [6, 6.07) is 4.95. The second-order valence-corrected chi connectivity index (χ2v) is 5.73. The fourth-order valence-electron chi connectivity index (χ4n) is 2.92. The van der Waals surface area contributed by atoms with Crippen LogP contribution < -0.4 is 10.6 Å². The number of anilines is 1. The van der Waals surface area contributed by atoms with Crippen molar-refractivity contribution in [2.24, 2.45) is 0 Å². The number of benzene rings is 1. The van der Waals surface area contributed by atoms with Gasteiger partial charge in [-0.25, -0.2) is 4.79 Å². The number of hydrogen-bond donors (Lipinski definition) is 3. The number of carbonyl (C=O) groups excluding carboxylic acids is 3. The molecule has 0 unspecified atom stereocenters. The summed E-state index contributed by atoms with van der Waals surface area (Å²) in [5.41, 5.74) is 1.62. The van der Waals surface area contributed by atoms with E-state index in [4.69, 9.17) is 9.15 Å². The zero-order valence-corrected chi connectivity index (χ0v) is 13.7. The van der Waals surface area contributed by atoms with Crippen molar-refractivity contribution in [3.05, 3.63) is 47.0 Å². The SMILES string of the molecule is COC(=O)c1n[nH]c2ccc(NC(=O)c3coc4c3C(=O)NCC4)cc12. The number of carbonyl (C=O) groups is 3. The smallest absolute Gasteiger partial charge is 0.359 e. The van der Waals surface area contributed by atoms with E-state index in [1.165, 1.54) is 13.4 Å². The highest BCUT2D eigenvalue weighted by Gasteiger charge is 2.28. The van der Waals surface area contributed by atoms with Gasteiger partial charge in [0, 0.05) is 24.0 Å². The Balaban J connectivity index is 1.65. The summed E-state index contributed by atoms with van der Waals surface area (Å²) in [7, 11) is 1.27. The Labute approximate surface area is 146 Å². The lowest BCUT2D eigenvalue weighted by atomic mass is 10.0. The molecule has 2 aromatic heterocycles. The zero-order valence-electron chi connectivity index (χ0n) is 13.7. The Kier molecular flexibility index (Phi) is 3.68. The molecule has 3 aromatic rings. The molecule has 0 atom stereocenters. The molecule has 9 heteroatoms. The molecule has 3 N–H and O–H groups in total. The normalized spacial score (nSPS) is 13.2. The molecule has 0 aliphatic carbocycles. The van der Waals surface area contributed by atoms with Crippen LogP contribution in [0.1, 0.15) is 37.0 Å². The molecule has 9 nitrogen and oxygen atoms in total. The first kappa shape index (κ1) is 15.9. The van der Waals surface area contributed by atoms with Crippen molar-refractivity contribution >= 4 is 34.4 Å². The summed E-state index contributed by atoms with van der Waals surface area (Å²) in [5, 5.41) is 12.6. The Morgan fingerprint density at radius 2 is 2.19 bits per heavy atom. The maximum atomic E-state index is 12.6. The van der Waals surface area contributed by atoms with Gasteiger partial charge >= 0.3 is 5.97 Å². The van der Waals surface area contributed by atoms with E-state index in [9.17, 15) is 14.4 Å². The number of hydrogen-bond acceptors (Lipinski definition) is 6. The maximum Gasteiger partial charge on any atom is 0.359 e. The number of rotatable bonds is 3. The second-order valence-electron chi connectivity index (χ2n) is 5.73. The van der Waals surface area contributed by atoms with Crippen LogP contribution in [0.3, 0.4) is 0 Å². The molecular formula is C17H14N4O5. The number of furan rings is 1.